The minimum atomic E-state index is -0.520. The van der Waals surface area contributed by atoms with Crippen molar-refractivity contribution in [1.82, 2.24) is 14.9 Å². The van der Waals surface area contributed by atoms with Gasteiger partial charge in [-0.2, -0.15) is 0 Å². The normalized spacial score (nSPS) is 19.4. The number of amides is 1. The number of benzene rings is 1. The van der Waals surface area contributed by atoms with Gasteiger partial charge in [-0.3, -0.25) is 4.90 Å². The first-order chi connectivity index (χ1) is 10.4. The molecule has 1 saturated heterocycles. The number of nitrogens with zero attached hydrogens (tertiary/aromatic N) is 2. The SMILES string of the molecule is CC(C)(C)OC(=O)N1CCOC[C@H]1c1nc2ccccc2[nH]1. The molecule has 0 saturated carbocycles. The highest BCUT2D eigenvalue weighted by molar-refractivity contribution is 5.75. The van der Waals surface area contributed by atoms with E-state index in [-0.39, 0.29) is 12.1 Å². The quantitative estimate of drug-likeness (QED) is 0.879. The summed E-state index contributed by atoms with van der Waals surface area (Å²) in [5, 5.41) is 0. The predicted molar refractivity (Wildman–Crippen MR) is 82.6 cm³/mol. The number of carbonyl (C=O) groups excluding carboxylic acids is 1. The van der Waals surface area contributed by atoms with Crippen LogP contribution in [-0.2, 0) is 9.47 Å². The third kappa shape index (κ3) is 3.06. The topological polar surface area (TPSA) is 67.4 Å². The number of para-hydroxylation sites is 2. The second-order valence-corrected chi connectivity index (χ2v) is 6.40. The van der Waals surface area contributed by atoms with E-state index in [2.05, 4.69) is 9.97 Å². The molecule has 1 aromatic heterocycles. The summed E-state index contributed by atoms with van der Waals surface area (Å²) >= 11 is 0. The van der Waals surface area contributed by atoms with Crippen LogP contribution in [0.2, 0.25) is 0 Å². The fraction of sp³-hybridized carbons (Fsp3) is 0.500. The van der Waals surface area contributed by atoms with Crippen LogP contribution in [0.15, 0.2) is 24.3 Å². The molecule has 3 rings (SSSR count). The Morgan fingerprint density at radius 1 is 1.41 bits per heavy atom. The summed E-state index contributed by atoms with van der Waals surface area (Å²) in [5.74, 6) is 0.728. The molecular weight excluding hydrogens is 282 g/mol. The smallest absolute Gasteiger partial charge is 0.411 e. The first-order valence-electron chi connectivity index (χ1n) is 7.46. The van der Waals surface area contributed by atoms with Gasteiger partial charge in [0.25, 0.3) is 0 Å². The summed E-state index contributed by atoms with van der Waals surface area (Å²) in [6.07, 6.45) is -0.332. The first-order valence-corrected chi connectivity index (χ1v) is 7.46. The molecule has 1 amide bonds. The van der Waals surface area contributed by atoms with Crippen LogP contribution in [0.5, 0.6) is 0 Å². The van der Waals surface area contributed by atoms with Gasteiger partial charge >= 0.3 is 6.09 Å². The second kappa shape index (κ2) is 5.61. The number of aromatic nitrogens is 2. The van der Waals surface area contributed by atoms with Crippen LogP contribution in [0.4, 0.5) is 4.79 Å². The third-order valence-corrected chi connectivity index (χ3v) is 3.48. The van der Waals surface area contributed by atoms with Gasteiger partial charge in [-0.05, 0) is 32.9 Å². The van der Waals surface area contributed by atoms with Crippen LogP contribution in [-0.4, -0.2) is 46.3 Å². The molecule has 0 radical (unpaired) electrons. The molecule has 0 spiro atoms. The van der Waals surface area contributed by atoms with Crippen LogP contribution in [0, 0.1) is 0 Å². The molecule has 1 fully saturated rings. The van der Waals surface area contributed by atoms with Crippen molar-refractivity contribution in [2.75, 3.05) is 19.8 Å². The van der Waals surface area contributed by atoms with Crippen molar-refractivity contribution < 1.29 is 14.3 Å². The fourth-order valence-corrected chi connectivity index (χ4v) is 2.50. The van der Waals surface area contributed by atoms with Gasteiger partial charge < -0.3 is 14.5 Å². The molecule has 0 aliphatic carbocycles. The molecule has 1 N–H and O–H groups in total. The van der Waals surface area contributed by atoms with Crippen molar-refractivity contribution in [1.29, 1.82) is 0 Å². The Hall–Kier alpha value is -2.08. The molecular formula is C16H21N3O3. The van der Waals surface area contributed by atoms with Crippen molar-refractivity contribution in [3.63, 3.8) is 0 Å². The number of imidazole rings is 1. The Morgan fingerprint density at radius 3 is 2.91 bits per heavy atom. The number of fused-ring (bicyclic) bond motifs is 1. The Balaban J connectivity index is 1.87. The number of rotatable bonds is 1. The van der Waals surface area contributed by atoms with Gasteiger partial charge in [-0.25, -0.2) is 9.78 Å². The highest BCUT2D eigenvalue weighted by atomic mass is 16.6. The van der Waals surface area contributed by atoms with Crippen LogP contribution < -0.4 is 0 Å². The number of ether oxygens (including phenoxy) is 2. The minimum Gasteiger partial charge on any atom is -0.444 e. The highest BCUT2D eigenvalue weighted by Crippen LogP contribution is 2.26. The zero-order valence-corrected chi connectivity index (χ0v) is 13.1. The third-order valence-electron chi connectivity index (χ3n) is 3.48. The van der Waals surface area contributed by atoms with Crippen LogP contribution in [0.1, 0.15) is 32.6 Å². The number of hydrogen-bond acceptors (Lipinski definition) is 4. The number of aromatic amines is 1. The van der Waals surface area contributed by atoms with E-state index in [9.17, 15) is 4.79 Å². The average Bonchev–Trinajstić information content (AvgIpc) is 2.89. The maximum atomic E-state index is 12.4. The molecule has 1 atom stereocenters. The van der Waals surface area contributed by atoms with Gasteiger partial charge in [0.1, 0.15) is 17.5 Å². The Bertz CT molecular complexity index is 642. The summed E-state index contributed by atoms with van der Waals surface area (Å²) in [7, 11) is 0. The molecule has 118 valence electrons. The van der Waals surface area contributed by atoms with Gasteiger partial charge in [-0.1, -0.05) is 12.1 Å². The van der Waals surface area contributed by atoms with E-state index in [1.54, 1.807) is 4.90 Å². The van der Waals surface area contributed by atoms with Crippen LogP contribution in [0.3, 0.4) is 0 Å². The van der Waals surface area contributed by atoms with Crippen molar-refractivity contribution in [3.05, 3.63) is 30.1 Å². The lowest BCUT2D eigenvalue weighted by Gasteiger charge is -2.35. The van der Waals surface area contributed by atoms with Crippen LogP contribution in [0.25, 0.3) is 11.0 Å². The fourth-order valence-electron chi connectivity index (χ4n) is 2.50. The minimum absolute atomic E-state index is 0.254. The standard InChI is InChI=1S/C16H21N3O3/c1-16(2,3)22-15(20)19-8-9-21-10-13(19)14-17-11-6-4-5-7-12(11)18-14/h4-7,13H,8-10H2,1-3H3,(H,17,18)/t13-/m0/s1. The Labute approximate surface area is 129 Å². The van der Waals surface area contributed by atoms with E-state index in [4.69, 9.17) is 9.47 Å². The number of hydrogen-bond donors (Lipinski definition) is 1. The van der Waals surface area contributed by atoms with Crippen molar-refractivity contribution in [3.8, 4) is 0 Å². The van der Waals surface area contributed by atoms with E-state index in [0.717, 1.165) is 16.9 Å². The first kappa shape index (κ1) is 14.8. The van der Waals surface area contributed by atoms with E-state index in [1.807, 2.05) is 45.0 Å². The summed E-state index contributed by atoms with van der Waals surface area (Å²) in [4.78, 5) is 22.0. The summed E-state index contributed by atoms with van der Waals surface area (Å²) < 4.78 is 11.0. The number of H-pyrrole nitrogens is 1. The number of carbonyl (C=O) groups is 1. The highest BCUT2D eigenvalue weighted by Gasteiger charge is 2.33. The van der Waals surface area contributed by atoms with Crippen molar-refractivity contribution >= 4 is 17.1 Å². The molecule has 2 aromatic rings. The molecule has 6 nitrogen and oxygen atoms in total. The van der Waals surface area contributed by atoms with E-state index >= 15 is 0 Å². The van der Waals surface area contributed by atoms with Crippen molar-refractivity contribution in [2.24, 2.45) is 0 Å². The predicted octanol–water partition coefficient (Wildman–Crippen LogP) is 2.87. The van der Waals surface area contributed by atoms with Gasteiger partial charge in [-0.15, -0.1) is 0 Å². The summed E-state index contributed by atoms with van der Waals surface area (Å²) in [6, 6.07) is 7.55. The van der Waals surface area contributed by atoms with Gasteiger partial charge in [0.2, 0.25) is 0 Å². The molecule has 1 aromatic carbocycles. The molecule has 0 unspecified atom stereocenters. The largest absolute Gasteiger partial charge is 0.444 e. The van der Waals surface area contributed by atoms with Crippen LogP contribution >= 0.6 is 0 Å². The lowest BCUT2D eigenvalue weighted by Crippen LogP contribution is -2.46. The maximum absolute atomic E-state index is 12.4. The Morgan fingerprint density at radius 2 is 2.18 bits per heavy atom. The Kier molecular flexibility index (Phi) is 3.78. The second-order valence-electron chi connectivity index (χ2n) is 6.40. The summed E-state index contributed by atoms with van der Waals surface area (Å²) in [5.41, 5.74) is 1.31. The lowest BCUT2D eigenvalue weighted by molar-refractivity contribution is -0.0348. The lowest BCUT2D eigenvalue weighted by atomic mass is 10.2. The molecule has 2 heterocycles. The van der Waals surface area contributed by atoms with Gasteiger partial charge in [0, 0.05) is 6.54 Å². The van der Waals surface area contributed by atoms with Gasteiger partial charge in [0.15, 0.2) is 0 Å². The summed E-state index contributed by atoms with van der Waals surface area (Å²) in [6.45, 7) is 7.01. The number of nitrogens with one attached hydrogen (secondary N) is 1. The van der Waals surface area contributed by atoms with Crippen molar-refractivity contribution in [2.45, 2.75) is 32.4 Å². The molecule has 1 aliphatic heterocycles. The van der Waals surface area contributed by atoms with Gasteiger partial charge in [0.05, 0.1) is 24.2 Å². The monoisotopic (exact) mass is 303 g/mol. The van der Waals surface area contributed by atoms with E-state index < -0.39 is 5.60 Å². The molecule has 1 aliphatic rings. The zero-order chi connectivity index (χ0) is 15.7. The molecule has 6 heteroatoms. The zero-order valence-electron chi connectivity index (χ0n) is 13.1. The maximum Gasteiger partial charge on any atom is 0.411 e. The molecule has 0 bridgehead atoms. The average molecular weight is 303 g/mol. The molecule has 22 heavy (non-hydrogen) atoms. The number of morpholine rings is 1. The van der Waals surface area contributed by atoms with E-state index in [0.29, 0.717) is 19.8 Å². The van der Waals surface area contributed by atoms with E-state index in [1.165, 1.54) is 0 Å².